The van der Waals surface area contributed by atoms with Crippen molar-refractivity contribution in [1.82, 2.24) is 0 Å². The summed E-state index contributed by atoms with van der Waals surface area (Å²) < 4.78 is 0. The predicted molar refractivity (Wildman–Crippen MR) is 85.0 cm³/mol. The zero-order valence-electron chi connectivity index (χ0n) is 12.2. The van der Waals surface area contributed by atoms with Gasteiger partial charge in [0.25, 0.3) is 0 Å². The van der Waals surface area contributed by atoms with Crippen LogP contribution in [0, 0.1) is 11.3 Å². The summed E-state index contributed by atoms with van der Waals surface area (Å²) in [6.07, 6.45) is 1.66. The Kier molecular flexibility index (Phi) is 5.36. The predicted octanol–water partition coefficient (Wildman–Crippen LogP) is 3.66. The highest BCUT2D eigenvalue weighted by Crippen LogP contribution is 2.21. The van der Waals surface area contributed by atoms with Crippen LogP contribution < -0.4 is 5.32 Å². The van der Waals surface area contributed by atoms with E-state index in [1.54, 1.807) is 0 Å². The van der Waals surface area contributed by atoms with Crippen molar-refractivity contribution in [3.8, 4) is 6.07 Å². The molecule has 0 fully saturated rings. The van der Waals surface area contributed by atoms with E-state index in [1.807, 2.05) is 36.4 Å². The molecule has 2 N–H and O–H groups in total. The van der Waals surface area contributed by atoms with Crippen LogP contribution in [0.15, 0.2) is 48.5 Å². The van der Waals surface area contributed by atoms with E-state index in [4.69, 9.17) is 10.4 Å². The maximum Gasteiger partial charge on any atom is 0.0991 e. The molecule has 1 unspecified atom stereocenters. The van der Waals surface area contributed by atoms with Crippen molar-refractivity contribution in [3.63, 3.8) is 0 Å². The van der Waals surface area contributed by atoms with Crippen molar-refractivity contribution in [2.24, 2.45) is 0 Å². The number of aliphatic hydroxyl groups is 1. The van der Waals surface area contributed by atoms with E-state index in [0.29, 0.717) is 5.56 Å². The van der Waals surface area contributed by atoms with E-state index in [0.717, 1.165) is 24.1 Å². The van der Waals surface area contributed by atoms with Gasteiger partial charge in [0.2, 0.25) is 0 Å². The average molecular weight is 280 g/mol. The molecule has 3 heteroatoms. The van der Waals surface area contributed by atoms with Crippen LogP contribution in [0.25, 0.3) is 0 Å². The van der Waals surface area contributed by atoms with Crippen LogP contribution in [0.5, 0.6) is 0 Å². The van der Waals surface area contributed by atoms with Crippen LogP contribution in [0.4, 0.5) is 5.69 Å². The fourth-order valence-electron chi connectivity index (χ4n) is 2.31. The zero-order chi connectivity index (χ0) is 15.1. The number of hydrogen-bond donors (Lipinski definition) is 2. The molecule has 0 aliphatic heterocycles. The second-order valence-corrected chi connectivity index (χ2v) is 5.13. The molecule has 1 atom stereocenters. The lowest BCUT2D eigenvalue weighted by molar-refractivity contribution is 0.288. The van der Waals surface area contributed by atoms with Gasteiger partial charge in [0.1, 0.15) is 0 Å². The molecular formula is C18H20N2O. The molecule has 0 aliphatic carbocycles. The van der Waals surface area contributed by atoms with Gasteiger partial charge >= 0.3 is 0 Å². The van der Waals surface area contributed by atoms with Crippen LogP contribution in [-0.2, 0) is 6.42 Å². The minimum atomic E-state index is 0.131. The van der Waals surface area contributed by atoms with Crippen LogP contribution >= 0.6 is 0 Å². The number of anilines is 1. The summed E-state index contributed by atoms with van der Waals surface area (Å²) in [5, 5.41) is 21.3. The highest BCUT2D eigenvalue weighted by molar-refractivity contribution is 5.48. The van der Waals surface area contributed by atoms with Gasteiger partial charge in [-0.1, -0.05) is 24.3 Å². The zero-order valence-corrected chi connectivity index (χ0v) is 12.2. The number of hydrogen-bond acceptors (Lipinski definition) is 3. The first-order chi connectivity index (χ1) is 10.2. The lowest BCUT2D eigenvalue weighted by atomic mass is 10.0. The first-order valence-electron chi connectivity index (χ1n) is 7.19. The molecule has 3 nitrogen and oxygen atoms in total. The number of benzene rings is 2. The van der Waals surface area contributed by atoms with Gasteiger partial charge in [-0.05, 0) is 55.2 Å². The summed E-state index contributed by atoms with van der Waals surface area (Å²) in [6, 6.07) is 18.2. The molecular weight excluding hydrogens is 260 g/mol. The topological polar surface area (TPSA) is 56.0 Å². The van der Waals surface area contributed by atoms with Gasteiger partial charge in [0, 0.05) is 18.3 Å². The molecule has 0 spiro atoms. The molecule has 0 bridgehead atoms. The number of nitriles is 1. The van der Waals surface area contributed by atoms with Crippen molar-refractivity contribution in [2.45, 2.75) is 25.8 Å². The monoisotopic (exact) mass is 280 g/mol. The minimum Gasteiger partial charge on any atom is -0.396 e. The summed E-state index contributed by atoms with van der Waals surface area (Å²) in [5.41, 5.74) is 4.04. The number of aryl methyl sites for hydroxylation is 1. The van der Waals surface area contributed by atoms with Gasteiger partial charge in [0.05, 0.1) is 11.6 Å². The molecule has 2 aromatic carbocycles. The standard InChI is InChI=1S/C18H20N2O/c1-14(17-8-2-6-16(11-17)13-19)20-18-9-3-5-15(12-18)7-4-10-21/h2-3,5-6,8-9,11-12,14,20-21H,4,7,10H2,1H3. The third-order valence-electron chi connectivity index (χ3n) is 3.45. The number of nitrogens with one attached hydrogen (secondary N) is 1. The summed E-state index contributed by atoms with van der Waals surface area (Å²) in [4.78, 5) is 0. The Balaban J connectivity index is 2.08. The quantitative estimate of drug-likeness (QED) is 0.849. The van der Waals surface area contributed by atoms with Crippen LogP contribution in [0.3, 0.4) is 0 Å². The summed E-state index contributed by atoms with van der Waals surface area (Å²) in [6.45, 7) is 2.30. The van der Waals surface area contributed by atoms with Crippen molar-refractivity contribution >= 4 is 5.69 Å². The fourth-order valence-corrected chi connectivity index (χ4v) is 2.31. The average Bonchev–Trinajstić information content (AvgIpc) is 2.53. The first kappa shape index (κ1) is 15.1. The smallest absolute Gasteiger partial charge is 0.0991 e. The fraction of sp³-hybridized carbons (Fsp3) is 0.278. The maximum atomic E-state index is 8.96. The van der Waals surface area contributed by atoms with Crippen LogP contribution in [-0.4, -0.2) is 11.7 Å². The lowest BCUT2D eigenvalue weighted by Crippen LogP contribution is -2.07. The van der Waals surface area contributed by atoms with E-state index in [9.17, 15) is 0 Å². The Bertz CT molecular complexity index is 631. The van der Waals surface area contributed by atoms with Crippen LogP contribution in [0.2, 0.25) is 0 Å². The second-order valence-electron chi connectivity index (χ2n) is 5.13. The minimum absolute atomic E-state index is 0.131. The molecule has 0 heterocycles. The molecule has 108 valence electrons. The largest absolute Gasteiger partial charge is 0.396 e. The van der Waals surface area contributed by atoms with Crippen molar-refractivity contribution < 1.29 is 5.11 Å². The SMILES string of the molecule is CC(Nc1cccc(CCCO)c1)c1cccc(C#N)c1. The Labute approximate surface area is 125 Å². The van der Waals surface area contributed by atoms with Crippen molar-refractivity contribution in [1.29, 1.82) is 5.26 Å². The van der Waals surface area contributed by atoms with E-state index in [2.05, 4.69) is 30.4 Å². The van der Waals surface area contributed by atoms with Crippen molar-refractivity contribution in [3.05, 3.63) is 65.2 Å². The third kappa shape index (κ3) is 4.34. The Morgan fingerprint density at radius 3 is 2.76 bits per heavy atom. The van der Waals surface area contributed by atoms with Gasteiger partial charge in [-0.3, -0.25) is 0 Å². The first-order valence-corrected chi connectivity index (χ1v) is 7.19. The number of aliphatic hydroxyl groups excluding tert-OH is 1. The molecule has 0 amide bonds. The molecule has 2 rings (SSSR count). The van der Waals surface area contributed by atoms with E-state index in [-0.39, 0.29) is 12.6 Å². The van der Waals surface area contributed by atoms with Gasteiger partial charge < -0.3 is 10.4 Å². The highest BCUT2D eigenvalue weighted by Gasteiger charge is 2.06. The van der Waals surface area contributed by atoms with E-state index in [1.165, 1.54) is 5.56 Å². The summed E-state index contributed by atoms with van der Waals surface area (Å²) in [5.74, 6) is 0. The van der Waals surface area contributed by atoms with Gasteiger partial charge in [-0.2, -0.15) is 5.26 Å². The second kappa shape index (κ2) is 7.47. The molecule has 21 heavy (non-hydrogen) atoms. The molecule has 2 aromatic rings. The van der Waals surface area contributed by atoms with Gasteiger partial charge in [0.15, 0.2) is 0 Å². The number of rotatable bonds is 6. The Morgan fingerprint density at radius 2 is 2.00 bits per heavy atom. The van der Waals surface area contributed by atoms with E-state index >= 15 is 0 Å². The Morgan fingerprint density at radius 1 is 1.19 bits per heavy atom. The number of nitrogens with zero attached hydrogens (tertiary/aromatic N) is 1. The molecule has 0 saturated carbocycles. The van der Waals surface area contributed by atoms with Gasteiger partial charge in [-0.25, -0.2) is 0 Å². The lowest BCUT2D eigenvalue weighted by Gasteiger charge is -2.16. The molecule has 0 radical (unpaired) electrons. The maximum absolute atomic E-state index is 8.96. The third-order valence-corrected chi connectivity index (χ3v) is 3.45. The van der Waals surface area contributed by atoms with Crippen LogP contribution in [0.1, 0.15) is 36.1 Å². The highest BCUT2D eigenvalue weighted by atomic mass is 16.2. The normalized spacial score (nSPS) is 11.7. The molecule has 0 aliphatic rings. The van der Waals surface area contributed by atoms with E-state index < -0.39 is 0 Å². The van der Waals surface area contributed by atoms with Crippen molar-refractivity contribution in [2.75, 3.05) is 11.9 Å². The summed E-state index contributed by atoms with van der Waals surface area (Å²) in [7, 11) is 0. The Hall–Kier alpha value is -2.31. The molecule has 0 saturated heterocycles. The summed E-state index contributed by atoms with van der Waals surface area (Å²) >= 11 is 0. The van der Waals surface area contributed by atoms with Gasteiger partial charge in [-0.15, -0.1) is 0 Å². The molecule has 0 aromatic heterocycles.